The average molecular weight is 310 g/mol. The van der Waals surface area contributed by atoms with Crippen LogP contribution in [-0.2, 0) is 11.3 Å². The molecule has 1 aliphatic rings. The van der Waals surface area contributed by atoms with Gasteiger partial charge in [0, 0.05) is 43.0 Å². The third-order valence-corrected chi connectivity index (χ3v) is 4.49. The van der Waals surface area contributed by atoms with Crippen molar-refractivity contribution in [3.8, 4) is 0 Å². The zero-order valence-corrected chi connectivity index (χ0v) is 14.0. The van der Waals surface area contributed by atoms with Crippen LogP contribution in [0.2, 0.25) is 5.02 Å². The van der Waals surface area contributed by atoms with Crippen LogP contribution in [0.4, 0.5) is 5.69 Å². The lowest BCUT2D eigenvalue weighted by Crippen LogP contribution is -2.62. The fraction of sp³-hybridized carbons (Fsp3) is 0.562. The third kappa shape index (κ3) is 3.01. The first kappa shape index (κ1) is 16.1. The van der Waals surface area contributed by atoms with E-state index >= 15 is 0 Å². The second kappa shape index (κ2) is 6.24. The Labute approximate surface area is 132 Å². The molecule has 0 spiro atoms. The second-order valence-corrected chi connectivity index (χ2v) is 6.36. The molecule has 1 N–H and O–H groups in total. The standard InChI is InChI=1S/C16H24ClN3O/c1-5-18-11-12-13(17)7-6-8-14(12)20-10-9-19(4)15(21)16(20,2)3/h6-8,18H,5,9-11H2,1-4H3. The van der Waals surface area contributed by atoms with E-state index in [2.05, 4.69) is 23.2 Å². The Kier molecular flexibility index (Phi) is 4.79. The van der Waals surface area contributed by atoms with Gasteiger partial charge in [0.2, 0.25) is 5.91 Å². The lowest BCUT2D eigenvalue weighted by molar-refractivity contribution is -0.136. The molecule has 4 nitrogen and oxygen atoms in total. The molecule has 0 aliphatic carbocycles. The molecule has 1 fully saturated rings. The van der Waals surface area contributed by atoms with E-state index in [0.717, 1.165) is 35.9 Å². The zero-order valence-electron chi connectivity index (χ0n) is 13.2. The quantitative estimate of drug-likeness (QED) is 0.928. The molecule has 21 heavy (non-hydrogen) atoms. The third-order valence-electron chi connectivity index (χ3n) is 4.14. The maximum absolute atomic E-state index is 12.5. The van der Waals surface area contributed by atoms with Gasteiger partial charge in [0.05, 0.1) is 0 Å². The minimum Gasteiger partial charge on any atom is -0.355 e. The van der Waals surface area contributed by atoms with Crippen LogP contribution in [0.15, 0.2) is 18.2 Å². The molecule has 0 radical (unpaired) electrons. The highest BCUT2D eigenvalue weighted by atomic mass is 35.5. The number of hydrogen-bond acceptors (Lipinski definition) is 3. The summed E-state index contributed by atoms with van der Waals surface area (Å²) in [5.74, 6) is 0.142. The number of likely N-dealkylation sites (N-methyl/N-ethyl adjacent to an activating group) is 1. The summed E-state index contributed by atoms with van der Waals surface area (Å²) in [5, 5.41) is 4.07. The van der Waals surface area contributed by atoms with E-state index in [9.17, 15) is 4.79 Å². The van der Waals surface area contributed by atoms with Crippen molar-refractivity contribution in [1.29, 1.82) is 0 Å². The molecule has 1 aromatic carbocycles. The van der Waals surface area contributed by atoms with Crippen LogP contribution in [0.25, 0.3) is 0 Å². The summed E-state index contributed by atoms with van der Waals surface area (Å²) in [7, 11) is 1.86. The van der Waals surface area contributed by atoms with Gasteiger partial charge in [-0.3, -0.25) is 4.79 Å². The van der Waals surface area contributed by atoms with E-state index < -0.39 is 5.54 Å². The predicted octanol–water partition coefficient (Wildman–Crippen LogP) is 2.51. The van der Waals surface area contributed by atoms with Crippen LogP contribution in [0.1, 0.15) is 26.3 Å². The Bertz CT molecular complexity index is 530. The second-order valence-electron chi connectivity index (χ2n) is 5.96. The largest absolute Gasteiger partial charge is 0.355 e. The van der Waals surface area contributed by atoms with E-state index in [4.69, 9.17) is 11.6 Å². The van der Waals surface area contributed by atoms with Gasteiger partial charge < -0.3 is 15.1 Å². The summed E-state index contributed by atoms with van der Waals surface area (Å²) in [6.45, 7) is 9.16. The van der Waals surface area contributed by atoms with Crippen molar-refractivity contribution in [3.63, 3.8) is 0 Å². The highest BCUT2D eigenvalue weighted by Crippen LogP contribution is 2.34. The Morgan fingerprint density at radius 1 is 1.33 bits per heavy atom. The van der Waals surface area contributed by atoms with E-state index in [-0.39, 0.29) is 5.91 Å². The monoisotopic (exact) mass is 309 g/mol. The summed E-state index contributed by atoms with van der Waals surface area (Å²) >= 11 is 6.38. The molecule has 5 heteroatoms. The highest BCUT2D eigenvalue weighted by Gasteiger charge is 2.41. The van der Waals surface area contributed by atoms with Crippen molar-refractivity contribution in [3.05, 3.63) is 28.8 Å². The van der Waals surface area contributed by atoms with Crippen molar-refractivity contribution in [1.82, 2.24) is 10.2 Å². The predicted molar refractivity (Wildman–Crippen MR) is 87.9 cm³/mol. The van der Waals surface area contributed by atoms with Gasteiger partial charge in [0.15, 0.2) is 0 Å². The Balaban J connectivity index is 2.41. The maximum atomic E-state index is 12.5. The number of benzene rings is 1. The smallest absolute Gasteiger partial charge is 0.247 e. The summed E-state index contributed by atoms with van der Waals surface area (Å²) in [6.07, 6.45) is 0. The summed E-state index contributed by atoms with van der Waals surface area (Å²) in [5.41, 5.74) is 1.56. The number of nitrogens with one attached hydrogen (secondary N) is 1. The molecule has 0 bridgehead atoms. The molecule has 0 unspecified atom stereocenters. The normalized spacial score (nSPS) is 18.2. The first-order chi connectivity index (χ1) is 9.89. The summed E-state index contributed by atoms with van der Waals surface area (Å²) in [4.78, 5) is 16.4. The van der Waals surface area contributed by atoms with Crippen molar-refractivity contribution in [2.75, 3.05) is 31.6 Å². The van der Waals surface area contributed by atoms with E-state index in [1.54, 1.807) is 4.90 Å². The fourth-order valence-electron chi connectivity index (χ4n) is 2.86. The minimum absolute atomic E-state index is 0.142. The van der Waals surface area contributed by atoms with Crippen molar-refractivity contribution in [2.45, 2.75) is 32.9 Å². The number of rotatable bonds is 4. The topological polar surface area (TPSA) is 35.6 Å². The molecule has 116 valence electrons. The molecule has 0 aromatic heterocycles. The number of carbonyl (C=O) groups excluding carboxylic acids is 1. The zero-order chi connectivity index (χ0) is 15.6. The number of amides is 1. The van der Waals surface area contributed by atoms with Gasteiger partial charge in [0.25, 0.3) is 0 Å². The van der Waals surface area contributed by atoms with Crippen LogP contribution >= 0.6 is 11.6 Å². The van der Waals surface area contributed by atoms with Crippen molar-refractivity contribution < 1.29 is 4.79 Å². The highest BCUT2D eigenvalue weighted by molar-refractivity contribution is 6.31. The summed E-state index contributed by atoms with van der Waals surface area (Å²) < 4.78 is 0. The van der Waals surface area contributed by atoms with Gasteiger partial charge in [-0.25, -0.2) is 0 Å². The van der Waals surface area contributed by atoms with Crippen LogP contribution < -0.4 is 10.2 Å². The van der Waals surface area contributed by atoms with Gasteiger partial charge in [-0.1, -0.05) is 24.6 Å². The van der Waals surface area contributed by atoms with Crippen LogP contribution in [0.5, 0.6) is 0 Å². The maximum Gasteiger partial charge on any atom is 0.247 e. The van der Waals surface area contributed by atoms with E-state index in [1.165, 1.54) is 0 Å². The Hall–Kier alpha value is -1.26. The van der Waals surface area contributed by atoms with Gasteiger partial charge in [-0.05, 0) is 32.5 Å². The Morgan fingerprint density at radius 2 is 2.05 bits per heavy atom. The van der Waals surface area contributed by atoms with Gasteiger partial charge in [-0.15, -0.1) is 0 Å². The van der Waals surface area contributed by atoms with Crippen molar-refractivity contribution >= 4 is 23.2 Å². The molecular formula is C16H24ClN3O. The summed E-state index contributed by atoms with van der Waals surface area (Å²) in [6, 6.07) is 5.91. The van der Waals surface area contributed by atoms with E-state index in [0.29, 0.717) is 6.54 Å². The first-order valence-corrected chi connectivity index (χ1v) is 7.78. The van der Waals surface area contributed by atoms with Crippen molar-refractivity contribution in [2.24, 2.45) is 0 Å². The molecule has 1 saturated heterocycles. The number of hydrogen-bond donors (Lipinski definition) is 1. The molecular weight excluding hydrogens is 286 g/mol. The SMILES string of the molecule is CCNCc1c(Cl)cccc1N1CCN(C)C(=O)C1(C)C. The number of piperazine rings is 1. The lowest BCUT2D eigenvalue weighted by atomic mass is 9.95. The minimum atomic E-state index is -0.557. The average Bonchev–Trinajstić information content (AvgIpc) is 2.44. The molecule has 0 atom stereocenters. The molecule has 1 amide bonds. The molecule has 1 heterocycles. The number of anilines is 1. The van der Waals surface area contributed by atoms with Crippen LogP contribution in [0.3, 0.4) is 0 Å². The van der Waals surface area contributed by atoms with Gasteiger partial charge >= 0.3 is 0 Å². The number of carbonyl (C=O) groups is 1. The molecule has 2 rings (SSSR count). The molecule has 1 aromatic rings. The van der Waals surface area contributed by atoms with Gasteiger partial charge in [0.1, 0.15) is 5.54 Å². The first-order valence-electron chi connectivity index (χ1n) is 7.41. The molecule has 0 saturated carbocycles. The Morgan fingerprint density at radius 3 is 2.71 bits per heavy atom. The van der Waals surface area contributed by atoms with Crippen LogP contribution in [-0.4, -0.2) is 43.0 Å². The number of nitrogens with zero attached hydrogens (tertiary/aromatic N) is 2. The lowest BCUT2D eigenvalue weighted by Gasteiger charge is -2.47. The van der Waals surface area contributed by atoms with E-state index in [1.807, 2.05) is 33.0 Å². The molecule has 1 aliphatic heterocycles. The number of halogens is 1. The fourth-order valence-corrected chi connectivity index (χ4v) is 3.10. The van der Waals surface area contributed by atoms with Crippen LogP contribution in [0, 0.1) is 0 Å². The van der Waals surface area contributed by atoms with Gasteiger partial charge in [-0.2, -0.15) is 0 Å².